The summed E-state index contributed by atoms with van der Waals surface area (Å²) in [4.78, 5) is 15.5. The number of nitrogens with one attached hydrogen (secondary N) is 1. The number of nitrogens with zero attached hydrogens (tertiary/aromatic N) is 4. The molecule has 0 amide bonds. The van der Waals surface area contributed by atoms with E-state index >= 15 is 0 Å². The van der Waals surface area contributed by atoms with Crippen molar-refractivity contribution in [1.82, 2.24) is 19.9 Å². The molecular weight excluding hydrogens is 683 g/mol. The van der Waals surface area contributed by atoms with Gasteiger partial charge in [-0.15, -0.1) is 5.10 Å². The van der Waals surface area contributed by atoms with Gasteiger partial charge in [-0.2, -0.15) is 0 Å². The van der Waals surface area contributed by atoms with Crippen LogP contribution in [0, 0.1) is 5.41 Å². The molecule has 8 nitrogen and oxygen atoms in total. The molecule has 0 aliphatic carbocycles. The molecule has 0 fully saturated rings. The fourth-order valence-electron chi connectivity index (χ4n) is 7.57. The summed E-state index contributed by atoms with van der Waals surface area (Å²) in [5, 5.41) is 16.2. The van der Waals surface area contributed by atoms with E-state index in [1.54, 1.807) is 6.20 Å². The summed E-state index contributed by atoms with van der Waals surface area (Å²) in [6, 6.07) is 0. The third-order valence-corrected chi connectivity index (χ3v) is 11.1. The highest BCUT2D eigenvalue weighted by Crippen LogP contribution is 2.19. The molecule has 8 heteroatoms. The van der Waals surface area contributed by atoms with E-state index in [9.17, 15) is 4.79 Å². The first-order valence-corrected chi connectivity index (χ1v) is 24.0. The Kier molecular flexibility index (Phi) is 37.4. The topological polar surface area (TPSA) is 93.3 Å². The SMILES string of the molecule is CCCCCCCCCOC(=N)CCCCCCCN(CCCCCCCC(=O)OC(CCCCCCCC)CCCCCCCC)CCCn1ccnn1. The van der Waals surface area contributed by atoms with Crippen LogP contribution < -0.4 is 0 Å². The summed E-state index contributed by atoms with van der Waals surface area (Å²) in [6.07, 6.45) is 44.5. The second kappa shape index (κ2) is 40.2. The van der Waals surface area contributed by atoms with Crippen LogP contribution >= 0.6 is 0 Å². The zero-order chi connectivity index (χ0) is 39.7. The average molecular weight is 774 g/mol. The first-order chi connectivity index (χ1) is 27.1. The molecular formula is C47H91N5O3. The Balaban J connectivity index is 2.24. The van der Waals surface area contributed by atoms with Crippen LogP contribution in [-0.4, -0.2) is 64.1 Å². The molecule has 0 bridgehead atoms. The monoisotopic (exact) mass is 774 g/mol. The van der Waals surface area contributed by atoms with Crippen LogP contribution in [0.3, 0.4) is 0 Å². The van der Waals surface area contributed by atoms with Gasteiger partial charge in [-0.1, -0.05) is 167 Å². The van der Waals surface area contributed by atoms with E-state index < -0.39 is 0 Å². The van der Waals surface area contributed by atoms with Gasteiger partial charge < -0.3 is 14.4 Å². The Morgan fingerprint density at radius 1 is 0.582 bits per heavy atom. The lowest BCUT2D eigenvalue weighted by atomic mass is 10.0. The summed E-state index contributed by atoms with van der Waals surface area (Å²) in [7, 11) is 0. The van der Waals surface area contributed by atoms with E-state index in [0.29, 0.717) is 18.9 Å². The van der Waals surface area contributed by atoms with E-state index in [1.807, 2.05) is 10.9 Å². The number of ether oxygens (including phenoxy) is 2. The van der Waals surface area contributed by atoms with Gasteiger partial charge in [0.05, 0.1) is 12.8 Å². The lowest BCUT2D eigenvalue weighted by Crippen LogP contribution is -2.28. The number of carbonyl (C=O) groups is 1. The average Bonchev–Trinajstić information content (AvgIpc) is 3.71. The maximum atomic E-state index is 12.8. The third-order valence-electron chi connectivity index (χ3n) is 11.1. The lowest BCUT2D eigenvalue weighted by molar-refractivity contribution is -0.150. The number of unbranched alkanes of at least 4 members (excludes halogenated alkanes) is 24. The largest absolute Gasteiger partial charge is 0.481 e. The van der Waals surface area contributed by atoms with Crippen LogP contribution in [-0.2, 0) is 20.8 Å². The molecule has 0 aromatic carbocycles. The van der Waals surface area contributed by atoms with E-state index in [-0.39, 0.29) is 12.1 Å². The van der Waals surface area contributed by atoms with E-state index in [2.05, 4.69) is 36.0 Å². The van der Waals surface area contributed by atoms with Crippen molar-refractivity contribution in [3.8, 4) is 0 Å². The number of aromatic nitrogens is 3. The van der Waals surface area contributed by atoms with E-state index in [1.165, 1.54) is 161 Å². The number of rotatable bonds is 43. The Hall–Kier alpha value is -1.96. The number of carbonyl (C=O) groups excluding carboxylic acids is 1. The number of hydrogen-bond donors (Lipinski definition) is 1. The Bertz CT molecular complexity index is 927. The highest BCUT2D eigenvalue weighted by atomic mass is 16.5. The summed E-state index contributed by atoms with van der Waals surface area (Å²) in [6.45, 7) is 11.8. The van der Waals surface area contributed by atoms with Crippen molar-refractivity contribution in [3.05, 3.63) is 12.4 Å². The van der Waals surface area contributed by atoms with Crippen molar-refractivity contribution in [3.63, 3.8) is 0 Å². The van der Waals surface area contributed by atoms with Crippen LogP contribution in [0.2, 0.25) is 0 Å². The zero-order valence-electron chi connectivity index (χ0n) is 36.8. The highest BCUT2D eigenvalue weighted by molar-refractivity contribution is 5.72. The van der Waals surface area contributed by atoms with Gasteiger partial charge in [0, 0.05) is 25.6 Å². The molecule has 1 N–H and O–H groups in total. The second-order valence-corrected chi connectivity index (χ2v) is 16.5. The van der Waals surface area contributed by atoms with Gasteiger partial charge in [-0.05, 0) is 83.8 Å². The maximum absolute atomic E-state index is 12.8. The quantitative estimate of drug-likeness (QED) is 0.0307. The minimum Gasteiger partial charge on any atom is -0.481 e. The molecule has 0 unspecified atom stereocenters. The van der Waals surface area contributed by atoms with Gasteiger partial charge in [0.15, 0.2) is 5.90 Å². The van der Waals surface area contributed by atoms with Crippen molar-refractivity contribution in [2.45, 2.75) is 252 Å². The van der Waals surface area contributed by atoms with Gasteiger partial charge in [0.1, 0.15) is 6.10 Å². The fraction of sp³-hybridized carbons (Fsp3) is 0.915. The molecule has 0 saturated carbocycles. The molecule has 0 aliphatic rings. The van der Waals surface area contributed by atoms with Gasteiger partial charge in [0.25, 0.3) is 0 Å². The van der Waals surface area contributed by atoms with Crippen LogP contribution in [0.1, 0.15) is 239 Å². The zero-order valence-corrected chi connectivity index (χ0v) is 36.8. The van der Waals surface area contributed by atoms with Crippen molar-refractivity contribution in [1.29, 1.82) is 5.41 Å². The normalized spacial score (nSPS) is 11.6. The molecule has 0 saturated heterocycles. The standard InChI is InChI=1S/C47H91N5O3/c1-4-7-10-13-16-25-32-44-54-46(48)36-28-21-17-23-30-39-51(41-33-42-52-43-38-49-50-52)40-31-24-18-22-29-37-47(53)55-45(34-26-19-14-11-8-5-2)35-27-20-15-12-9-6-3/h38,43,45,48H,4-37,39-42,44H2,1-3H3. The lowest BCUT2D eigenvalue weighted by Gasteiger charge is -2.22. The van der Waals surface area contributed by atoms with E-state index in [4.69, 9.17) is 14.9 Å². The van der Waals surface area contributed by atoms with Crippen molar-refractivity contribution < 1.29 is 14.3 Å². The minimum absolute atomic E-state index is 0.0333. The molecule has 322 valence electrons. The third kappa shape index (κ3) is 35.0. The first kappa shape index (κ1) is 51.1. The summed E-state index contributed by atoms with van der Waals surface area (Å²) in [5.41, 5.74) is 0. The Labute approximate surface area is 340 Å². The molecule has 1 rings (SSSR count). The minimum atomic E-state index is 0.0333. The van der Waals surface area contributed by atoms with Crippen LogP contribution in [0.15, 0.2) is 12.4 Å². The van der Waals surface area contributed by atoms with Gasteiger partial charge >= 0.3 is 5.97 Å². The molecule has 0 atom stereocenters. The summed E-state index contributed by atoms with van der Waals surface area (Å²) in [5.74, 6) is 0.515. The molecule has 0 aliphatic heterocycles. The van der Waals surface area contributed by atoms with Gasteiger partial charge in [-0.3, -0.25) is 14.9 Å². The molecule has 0 radical (unpaired) electrons. The van der Waals surface area contributed by atoms with E-state index in [0.717, 1.165) is 77.5 Å². The second-order valence-electron chi connectivity index (χ2n) is 16.5. The Morgan fingerprint density at radius 2 is 1.04 bits per heavy atom. The molecule has 55 heavy (non-hydrogen) atoms. The van der Waals surface area contributed by atoms with Crippen LogP contribution in [0.5, 0.6) is 0 Å². The van der Waals surface area contributed by atoms with Crippen LogP contribution in [0.4, 0.5) is 0 Å². The predicted molar refractivity (Wildman–Crippen MR) is 234 cm³/mol. The summed E-state index contributed by atoms with van der Waals surface area (Å²) >= 11 is 0. The van der Waals surface area contributed by atoms with Crippen molar-refractivity contribution in [2.24, 2.45) is 0 Å². The van der Waals surface area contributed by atoms with Gasteiger partial charge in [0.2, 0.25) is 0 Å². The smallest absolute Gasteiger partial charge is 0.306 e. The number of aryl methyl sites for hydroxylation is 1. The molecule has 1 aromatic heterocycles. The summed E-state index contributed by atoms with van der Waals surface area (Å²) < 4.78 is 13.7. The molecule has 0 spiro atoms. The first-order valence-electron chi connectivity index (χ1n) is 24.0. The van der Waals surface area contributed by atoms with Crippen molar-refractivity contribution in [2.75, 3.05) is 26.2 Å². The number of hydrogen-bond acceptors (Lipinski definition) is 7. The maximum Gasteiger partial charge on any atom is 0.306 e. The fourth-order valence-corrected chi connectivity index (χ4v) is 7.57. The Morgan fingerprint density at radius 3 is 1.56 bits per heavy atom. The highest BCUT2D eigenvalue weighted by Gasteiger charge is 2.14. The van der Waals surface area contributed by atoms with Crippen molar-refractivity contribution >= 4 is 11.9 Å². The molecule has 1 aromatic rings. The number of esters is 1. The van der Waals surface area contributed by atoms with Gasteiger partial charge in [-0.25, -0.2) is 0 Å². The van der Waals surface area contributed by atoms with Crippen LogP contribution in [0.25, 0.3) is 0 Å². The molecule has 1 heterocycles. The predicted octanol–water partition coefficient (Wildman–Crippen LogP) is 13.8.